The van der Waals surface area contributed by atoms with Gasteiger partial charge in [0.1, 0.15) is 0 Å². The second-order valence-corrected chi connectivity index (χ2v) is 15.4. The van der Waals surface area contributed by atoms with Gasteiger partial charge in [0.2, 0.25) is 0 Å². The summed E-state index contributed by atoms with van der Waals surface area (Å²) in [6.45, 7) is 0.658. The number of hydrogen-bond acceptors (Lipinski definition) is 10. The first-order valence-corrected chi connectivity index (χ1v) is 19.1. The van der Waals surface area contributed by atoms with Crippen LogP contribution in [0.5, 0.6) is 23.0 Å². The van der Waals surface area contributed by atoms with Gasteiger partial charge in [-0.15, -0.1) is 0 Å². The minimum absolute atomic E-state index is 0.127. The fraction of sp³-hybridized carbons (Fsp3) is 0.250. The first-order valence-electron chi connectivity index (χ1n) is 14.6. The van der Waals surface area contributed by atoms with Gasteiger partial charge in [0.15, 0.2) is 0 Å². The van der Waals surface area contributed by atoms with Crippen LogP contribution in [0.2, 0.25) is 0 Å². The Morgan fingerprint density at radius 2 is 0.915 bits per heavy atom. The molecule has 5 N–H and O–H groups in total. The summed E-state index contributed by atoms with van der Waals surface area (Å²) in [5, 5.41) is 0. The van der Waals surface area contributed by atoms with E-state index in [4.69, 9.17) is 52.6 Å². The Kier molecular flexibility index (Phi) is 14.9. The molecule has 0 atom stereocenters. The van der Waals surface area contributed by atoms with Gasteiger partial charge in [-0.25, -0.2) is 0 Å². The van der Waals surface area contributed by atoms with Crippen molar-refractivity contribution < 1.29 is 37.0 Å². The SMILES string of the molecule is COc1cccc(COP(N[PH](N=[PH](N)N)(OCc2cccc(OC)c2)OCc2cccc(OC)c2)OCc2cccc(OC)c2)c1. The van der Waals surface area contributed by atoms with Gasteiger partial charge in [-0.3, -0.25) is 0 Å². The van der Waals surface area contributed by atoms with E-state index in [-0.39, 0.29) is 26.4 Å². The van der Waals surface area contributed by atoms with Crippen LogP contribution in [0, 0.1) is 0 Å². The first-order chi connectivity index (χ1) is 22.8. The summed E-state index contributed by atoms with van der Waals surface area (Å²) < 4.78 is 52.2. The van der Waals surface area contributed by atoms with Crippen molar-refractivity contribution in [3.05, 3.63) is 119 Å². The molecule has 4 rings (SSSR count). The molecule has 47 heavy (non-hydrogen) atoms. The van der Waals surface area contributed by atoms with Crippen LogP contribution in [0.1, 0.15) is 22.3 Å². The van der Waals surface area contributed by atoms with E-state index in [1.807, 2.05) is 97.1 Å². The number of nitrogens with one attached hydrogen (secondary N) is 1. The standard InChI is InChI=1S/C32H43N4O8P3/c1-37-29-13-5-9-25(17-29)21-41-46(42-22-26-10-6-14-30(18-26)38-2)36-47(35-45(33)34,43-23-27-11-7-15-31(19-27)39-3)44-24-28-12-8-16-32(20-28)40-4/h5-20,36,45,47H,21-24H2,1-4H3,(H4,33,34,35). The second-order valence-electron chi connectivity index (χ2n) is 10.0. The van der Waals surface area contributed by atoms with Crippen molar-refractivity contribution in [2.75, 3.05) is 28.4 Å². The van der Waals surface area contributed by atoms with E-state index in [9.17, 15) is 0 Å². The van der Waals surface area contributed by atoms with Gasteiger partial charge in [-0.05, 0) is 0 Å². The predicted octanol–water partition coefficient (Wildman–Crippen LogP) is 7.26. The zero-order chi connectivity index (χ0) is 33.5. The minimum atomic E-state index is -3.84. The normalized spacial score (nSPS) is 11.8. The predicted molar refractivity (Wildman–Crippen MR) is 189 cm³/mol. The molecule has 0 saturated carbocycles. The van der Waals surface area contributed by atoms with Crippen LogP contribution in [-0.4, -0.2) is 28.4 Å². The number of nitrogens with two attached hydrogens (primary N) is 2. The molecule has 0 saturated heterocycles. The third-order valence-corrected chi connectivity index (χ3v) is 12.5. The Hall–Kier alpha value is -3.11. The summed E-state index contributed by atoms with van der Waals surface area (Å²) in [6, 6.07) is 30.2. The van der Waals surface area contributed by atoms with Crippen molar-refractivity contribution in [1.29, 1.82) is 0 Å². The quantitative estimate of drug-likeness (QED) is 0.0847. The molecule has 0 aliphatic rings. The molecule has 4 aromatic carbocycles. The Balaban J connectivity index is 1.66. The molecule has 0 radical (unpaired) electrons. The zero-order valence-electron chi connectivity index (χ0n) is 26.9. The van der Waals surface area contributed by atoms with Gasteiger partial charge >= 0.3 is 279 Å². The average Bonchev–Trinajstić information content (AvgIpc) is 3.11. The number of ether oxygens (including phenoxy) is 4. The Bertz CT molecular complexity index is 1490. The number of nitrogens with zero attached hydrogens (tertiary/aromatic N) is 1. The molecule has 0 bridgehead atoms. The first kappa shape index (κ1) is 36.7. The molecule has 12 nitrogen and oxygen atoms in total. The summed E-state index contributed by atoms with van der Waals surface area (Å²) >= 11 is 0. The van der Waals surface area contributed by atoms with Crippen LogP contribution < -0.4 is 34.8 Å². The van der Waals surface area contributed by atoms with Gasteiger partial charge in [0, 0.05) is 0 Å². The maximum atomic E-state index is 6.55. The molecule has 0 spiro atoms. The maximum absolute atomic E-state index is 6.55. The van der Waals surface area contributed by atoms with Gasteiger partial charge < -0.3 is 0 Å². The van der Waals surface area contributed by atoms with Crippen molar-refractivity contribution in [3.8, 4) is 23.0 Å². The van der Waals surface area contributed by atoms with Gasteiger partial charge in [0.05, 0.1) is 0 Å². The van der Waals surface area contributed by atoms with Crippen molar-refractivity contribution in [2.45, 2.75) is 26.4 Å². The van der Waals surface area contributed by atoms with Crippen molar-refractivity contribution in [2.24, 2.45) is 15.5 Å². The van der Waals surface area contributed by atoms with Crippen LogP contribution in [0.15, 0.2) is 102 Å². The summed E-state index contributed by atoms with van der Waals surface area (Å²) in [5.41, 5.74) is 15.8. The van der Waals surface area contributed by atoms with Gasteiger partial charge in [-0.1, -0.05) is 0 Å². The zero-order valence-corrected chi connectivity index (χ0v) is 29.8. The Morgan fingerprint density at radius 3 is 1.23 bits per heavy atom. The third-order valence-electron chi connectivity index (χ3n) is 6.61. The molecule has 0 amide bonds. The molecule has 0 aromatic heterocycles. The van der Waals surface area contributed by atoms with Crippen molar-refractivity contribution in [3.63, 3.8) is 0 Å². The van der Waals surface area contributed by atoms with Gasteiger partial charge in [0.25, 0.3) is 0 Å². The number of rotatable bonds is 19. The fourth-order valence-corrected chi connectivity index (χ4v) is 10.2. The average molecular weight is 705 g/mol. The van der Waals surface area contributed by atoms with Crippen molar-refractivity contribution in [1.82, 2.24) is 4.86 Å². The molecule has 254 valence electrons. The van der Waals surface area contributed by atoms with E-state index in [0.29, 0.717) is 23.0 Å². The molecule has 0 aliphatic carbocycles. The monoisotopic (exact) mass is 704 g/mol. The second kappa shape index (κ2) is 19.0. The number of benzene rings is 4. The summed E-state index contributed by atoms with van der Waals surface area (Å²) in [6.07, 6.45) is 0. The molecular formula is C32H43N4O8P3. The van der Waals surface area contributed by atoms with Gasteiger partial charge in [-0.2, -0.15) is 0 Å². The third kappa shape index (κ3) is 12.1. The molecule has 0 aliphatic heterocycles. The van der Waals surface area contributed by atoms with E-state index in [0.717, 1.165) is 22.3 Å². The van der Waals surface area contributed by atoms with Crippen LogP contribution >= 0.6 is 24.6 Å². The van der Waals surface area contributed by atoms with E-state index >= 15 is 0 Å². The Morgan fingerprint density at radius 1 is 0.574 bits per heavy atom. The molecule has 4 aromatic rings. The molecule has 15 heteroatoms. The summed E-state index contributed by atoms with van der Waals surface area (Å²) in [5.74, 6) is 2.80. The molecular weight excluding hydrogens is 661 g/mol. The van der Waals surface area contributed by atoms with E-state index in [2.05, 4.69) is 4.86 Å². The van der Waals surface area contributed by atoms with Crippen LogP contribution in [0.25, 0.3) is 0 Å². The topological polar surface area (TPSA) is 150 Å². The fourth-order valence-electron chi connectivity index (χ4n) is 4.26. The van der Waals surface area contributed by atoms with E-state index in [1.165, 1.54) is 0 Å². The van der Waals surface area contributed by atoms with E-state index < -0.39 is 24.6 Å². The van der Waals surface area contributed by atoms with E-state index in [1.54, 1.807) is 28.4 Å². The molecule has 0 unspecified atom stereocenters. The van der Waals surface area contributed by atoms with Crippen LogP contribution in [-0.2, 0) is 44.5 Å². The summed E-state index contributed by atoms with van der Waals surface area (Å²) in [4.78, 5) is 3.38. The van der Waals surface area contributed by atoms with Crippen LogP contribution in [0.4, 0.5) is 0 Å². The summed E-state index contributed by atoms with van der Waals surface area (Å²) in [7, 11) is -1.51. The molecule has 0 fully saturated rings. The van der Waals surface area contributed by atoms with Crippen molar-refractivity contribution >= 4 is 24.6 Å². The number of hydrogen-bond donors (Lipinski definition) is 3. The number of methoxy groups -OCH3 is 4. The Labute approximate surface area is 278 Å². The van der Waals surface area contributed by atoms with Crippen LogP contribution in [0.3, 0.4) is 0 Å². The molecule has 0 heterocycles.